The zero-order valence-corrected chi connectivity index (χ0v) is 10.7. The summed E-state index contributed by atoms with van der Waals surface area (Å²) in [6, 6.07) is 3.85. The van der Waals surface area contributed by atoms with Gasteiger partial charge in [0.1, 0.15) is 5.82 Å². The monoisotopic (exact) mass is 245 g/mol. The number of hydrogen-bond donors (Lipinski definition) is 2. The van der Waals surface area contributed by atoms with E-state index in [0.29, 0.717) is 5.82 Å². The van der Waals surface area contributed by atoms with Gasteiger partial charge in [0.25, 0.3) is 0 Å². The van der Waals surface area contributed by atoms with Crippen molar-refractivity contribution in [2.24, 2.45) is 11.3 Å². The minimum Gasteiger partial charge on any atom is -0.317 e. The third-order valence-electron chi connectivity index (χ3n) is 4.36. The van der Waals surface area contributed by atoms with Gasteiger partial charge in [-0.2, -0.15) is 0 Å². The summed E-state index contributed by atoms with van der Waals surface area (Å²) in [5.41, 5.74) is 1.31. The van der Waals surface area contributed by atoms with Gasteiger partial charge in [0.2, 0.25) is 5.91 Å². The number of aromatic nitrogens is 1. The highest BCUT2D eigenvalue weighted by molar-refractivity contribution is 5.94. The van der Waals surface area contributed by atoms with E-state index in [9.17, 15) is 4.79 Å². The summed E-state index contributed by atoms with van der Waals surface area (Å²) < 4.78 is 0. The van der Waals surface area contributed by atoms with Crippen LogP contribution in [0.3, 0.4) is 0 Å². The molecule has 1 aliphatic carbocycles. The third kappa shape index (κ3) is 2.01. The summed E-state index contributed by atoms with van der Waals surface area (Å²) in [6.07, 6.45) is 5.03. The first-order valence-electron chi connectivity index (χ1n) is 6.64. The number of rotatable bonds is 2. The predicted octanol–water partition coefficient (Wildman–Crippen LogP) is 1.72. The second-order valence-corrected chi connectivity index (χ2v) is 5.53. The molecule has 4 heteroatoms. The molecule has 4 nitrogen and oxygen atoms in total. The average molecular weight is 245 g/mol. The van der Waals surface area contributed by atoms with E-state index in [2.05, 4.69) is 15.6 Å². The van der Waals surface area contributed by atoms with Crippen LogP contribution < -0.4 is 10.6 Å². The maximum atomic E-state index is 12.2. The highest BCUT2D eigenvalue weighted by Gasteiger charge is 2.57. The second-order valence-electron chi connectivity index (χ2n) is 5.53. The lowest BCUT2D eigenvalue weighted by Crippen LogP contribution is -2.31. The molecule has 1 saturated carbocycles. The van der Waals surface area contributed by atoms with Crippen molar-refractivity contribution >= 4 is 11.7 Å². The molecule has 0 radical (unpaired) electrons. The van der Waals surface area contributed by atoms with Gasteiger partial charge >= 0.3 is 0 Å². The largest absolute Gasteiger partial charge is 0.317 e. The van der Waals surface area contributed by atoms with Crippen LogP contribution in [0.1, 0.15) is 24.8 Å². The van der Waals surface area contributed by atoms with Crippen molar-refractivity contribution in [2.45, 2.75) is 26.2 Å². The zero-order chi connectivity index (χ0) is 12.6. The fourth-order valence-corrected chi connectivity index (χ4v) is 3.02. The molecule has 1 aromatic heterocycles. The Hall–Kier alpha value is -1.42. The molecule has 2 N–H and O–H groups in total. The van der Waals surface area contributed by atoms with Crippen molar-refractivity contribution in [3.05, 3.63) is 23.9 Å². The molecule has 2 fully saturated rings. The summed E-state index contributed by atoms with van der Waals surface area (Å²) in [6.45, 7) is 4.06. The van der Waals surface area contributed by atoms with Crippen molar-refractivity contribution in [1.29, 1.82) is 0 Å². The van der Waals surface area contributed by atoms with E-state index < -0.39 is 0 Å². The minimum atomic E-state index is 0.152. The van der Waals surface area contributed by atoms with Gasteiger partial charge in [0, 0.05) is 12.1 Å². The number of aryl methyl sites for hydroxylation is 1. The summed E-state index contributed by atoms with van der Waals surface area (Å²) in [5.74, 6) is 1.05. The van der Waals surface area contributed by atoms with Crippen molar-refractivity contribution in [3.63, 3.8) is 0 Å². The lowest BCUT2D eigenvalue weighted by atomic mass is 9.92. The van der Waals surface area contributed by atoms with Crippen LogP contribution in [0.25, 0.3) is 0 Å². The maximum Gasteiger partial charge on any atom is 0.229 e. The molecular formula is C14H19N3O. The fourth-order valence-electron chi connectivity index (χ4n) is 3.02. The van der Waals surface area contributed by atoms with Crippen molar-refractivity contribution in [1.82, 2.24) is 10.3 Å². The number of anilines is 1. The molecule has 0 aromatic carbocycles. The molecule has 1 aliphatic heterocycles. The van der Waals surface area contributed by atoms with Crippen molar-refractivity contribution in [2.75, 3.05) is 18.4 Å². The molecule has 1 unspecified atom stereocenters. The van der Waals surface area contributed by atoms with E-state index in [-0.39, 0.29) is 17.2 Å². The Morgan fingerprint density at radius 1 is 1.50 bits per heavy atom. The van der Waals surface area contributed by atoms with E-state index in [1.165, 1.54) is 0 Å². The first kappa shape index (κ1) is 11.7. The number of pyridine rings is 1. The van der Waals surface area contributed by atoms with Gasteiger partial charge in [-0.25, -0.2) is 4.98 Å². The molecular weight excluding hydrogens is 226 g/mol. The molecule has 0 bridgehead atoms. The van der Waals surface area contributed by atoms with Crippen molar-refractivity contribution < 1.29 is 4.79 Å². The van der Waals surface area contributed by atoms with Gasteiger partial charge in [0.15, 0.2) is 0 Å². The van der Waals surface area contributed by atoms with Crippen LogP contribution >= 0.6 is 0 Å². The van der Waals surface area contributed by atoms with E-state index >= 15 is 0 Å². The lowest BCUT2D eigenvalue weighted by Gasteiger charge is -2.23. The van der Waals surface area contributed by atoms with Crippen LogP contribution in [0.4, 0.5) is 5.82 Å². The van der Waals surface area contributed by atoms with Crippen LogP contribution in [-0.2, 0) is 4.79 Å². The molecule has 1 amide bonds. The Morgan fingerprint density at radius 3 is 3.00 bits per heavy atom. The van der Waals surface area contributed by atoms with Crippen LogP contribution in [0.5, 0.6) is 0 Å². The van der Waals surface area contributed by atoms with Gasteiger partial charge in [-0.3, -0.25) is 4.79 Å². The fraction of sp³-hybridized carbons (Fsp3) is 0.571. The van der Waals surface area contributed by atoms with Gasteiger partial charge in [-0.05, 0) is 56.3 Å². The SMILES string of the molecule is Cc1cccnc1NC(=O)C1CC12CCNCC2. The van der Waals surface area contributed by atoms with Gasteiger partial charge in [0.05, 0.1) is 0 Å². The summed E-state index contributed by atoms with van der Waals surface area (Å²) in [4.78, 5) is 16.4. The van der Waals surface area contributed by atoms with E-state index in [0.717, 1.165) is 37.9 Å². The molecule has 2 aliphatic rings. The summed E-state index contributed by atoms with van der Waals surface area (Å²) in [5, 5.41) is 6.33. The number of nitrogens with zero attached hydrogens (tertiary/aromatic N) is 1. The molecule has 1 aromatic rings. The highest BCUT2D eigenvalue weighted by atomic mass is 16.2. The smallest absolute Gasteiger partial charge is 0.229 e. The third-order valence-corrected chi connectivity index (χ3v) is 4.36. The van der Waals surface area contributed by atoms with Gasteiger partial charge < -0.3 is 10.6 Å². The first-order valence-corrected chi connectivity index (χ1v) is 6.64. The molecule has 2 heterocycles. The van der Waals surface area contributed by atoms with Crippen LogP contribution in [0, 0.1) is 18.3 Å². The quantitative estimate of drug-likeness (QED) is 0.834. The molecule has 1 atom stereocenters. The second kappa shape index (κ2) is 4.35. The molecule has 3 rings (SSSR count). The molecule has 96 valence electrons. The summed E-state index contributed by atoms with van der Waals surface area (Å²) in [7, 11) is 0. The van der Waals surface area contributed by atoms with Crippen LogP contribution in [0.15, 0.2) is 18.3 Å². The number of hydrogen-bond acceptors (Lipinski definition) is 3. The average Bonchev–Trinajstić information content (AvgIpc) is 3.07. The molecule has 1 spiro atoms. The van der Waals surface area contributed by atoms with E-state index in [1.807, 2.05) is 19.1 Å². The van der Waals surface area contributed by atoms with E-state index in [1.54, 1.807) is 6.20 Å². The summed E-state index contributed by atoms with van der Waals surface area (Å²) >= 11 is 0. The Balaban J connectivity index is 1.65. The number of piperidine rings is 1. The number of amides is 1. The van der Waals surface area contributed by atoms with Crippen LogP contribution in [-0.4, -0.2) is 24.0 Å². The maximum absolute atomic E-state index is 12.2. The minimum absolute atomic E-state index is 0.152. The Labute approximate surface area is 107 Å². The standard InChI is InChI=1S/C14H19N3O/c1-10-3-2-6-16-12(10)17-13(18)11-9-14(11)4-7-15-8-5-14/h2-3,6,11,15H,4-5,7-9H2,1H3,(H,16,17,18). The molecule has 1 saturated heterocycles. The van der Waals surface area contributed by atoms with Crippen molar-refractivity contribution in [3.8, 4) is 0 Å². The van der Waals surface area contributed by atoms with Crippen LogP contribution in [0.2, 0.25) is 0 Å². The highest BCUT2D eigenvalue weighted by Crippen LogP contribution is 2.58. The first-order chi connectivity index (χ1) is 8.71. The Kier molecular flexibility index (Phi) is 2.82. The number of nitrogens with one attached hydrogen (secondary N) is 2. The Morgan fingerprint density at radius 2 is 2.28 bits per heavy atom. The number of carbonyl (C=O) groups is 1. The van der Waals surface area contributed by atoms with E-state index in [4.69, 9.17) is 0 Å². The van der Waals surface area contributed by atoms with Gasteiger partial charge in [-0.15, -0.1) is 0 Å². The van der Waals surface area contributed by atoms with Gasteiger partial charge in [-0.1, -0.05) is 6.07 Å². The molecule has 18 heavy (non-hydrogen) atoms. The topological polar surface area (TPSA) is 54.0 Å². The normalized spacial score (nSPS) is 24.8. The zero-order valence-electron chi connectivity index (χ0n) is 10.7. The lowest BCUT2D eigenvalue weighted by molar-refractivity contribution is -0.118. The number of carbonyl (C=O) groups excluding carboxylic acids is 1. The Bertz CT molecular complexity index is 466. The predicted molar refractivity (Wildman–Crippen MR) is 70.2 cm³/mol.